The number of anilines is 2. The molecule has 3 aromatic rings. The number of amides is 1. The average Bonchev–Trinajstić information content (AvgIpc) is 2.54. The van der Waals surface area contributed by atoms with E-state index in [1.165, 1.54) is 23.3 Å². The lowest BCUT2D eigenvalue weighted by atomic mass is 10.0. The fourth-order valence-electron chi connectivity index (χ4n) is 2.52. The Hall–Kier alpha value is -2.81. The Labute approximate surface area is 130 Å². The summed E-state index contributed by atoms with van der Waals surface area (Å²) >= 11 is 0. The molecule has 0 aromatic heterocycles. The number of nitrogens with one attached hydrogen (secondary N) is 2. The number of hydrogen-bond donors (Lipinski definition) is 2. The van der Waals surface area contributed by atoms with Gasteiger partial charge in [0.25, 0.3) is 0 Å². The highest BCUT2D eigenvalue weighted by Gasteiger charge is 2.01. The van der Waals surface area contributed by atoms with E-state index in [1.807, 2.05) is 24.3 Å². The van der Waals surface area contributed by atoms with Gasteiger partial charge in [-0.25, -0.2) is 0 Å². The summed E-state index contributed by atoms with van der Waals surface area (Å²) < 4.78 is 0. The van der Waals surface area contributed by atoms with E-state index in [0.29, 0.717) is 0 Å². The fraction of sp³-hybridized carbons (Fsp3) is 0.105. The van der Waals surface area contributed by atoms with Crippen LogP contribution >= 0.6 is 0 Å². The van der Waals surface area contributed by atoms with Crippen LogP contribution < -0.4 is 10.6 Å². The van der Waals surface area contributed by atoms with Crippen LogP contribution in [0.3, 0.4) is 0 Å². The SMILES string of the molecule is CC(=O)Nc1ccc(NCc2cccc3ccccc23)cc1. The van der Waals surface area contributed by atoms with Gasteiger partial charge < -0.3 is 10.6 Å². The van der Waals surface area contributed by atoms with Crippen molar-refractivity contribution in [2.24, 2.45) is 0 Å². The molecular weight excluding hydrogens is 272 g/mol. The Balaban J connectivity index is 1.72. The predicted octanol–water partition coefficient (Wildman–Crippen LogP) is 4.41. The van der Waals surface area contributed by atoms with Gasteiger partial charge in [-0.1, -0.05) is 42.5 Å². The van der Waals surface area contributed by atoms with Crippen LogP contribution in [0.2, 0.25) is 0 Å². The van der Waals surface area contributed by atoms with Crippen LogP contribution in [0.5, 0.6) is 0 Å². The number of rotatable bonds is 4. The van der Waals surface area contributed by atoms with Crippen molar-refractivity contribution in [3.8, 4) is 0 Å². The van der Waals surface area contributed by atoms with Gasteiger partial charge in [0, 0.05) is 24.8 Å². The fourth-order valence-corrected chi connectivity index (χ4v) is 2.52. The van der Waals surface area contributed by atoms with Crippen molar-refractivity contribution < 1.29 is 4.79 Å². The van der Waals surface area contributed by atoms with E-state index in [4.69, 9.17) is 0 Å². The van der Waals surface area contributed by atoms with E-state index in [-0.39, 0.29) is 5.91 Å². The Morgan fingerprint density at radius 1 is 0.864 bits per heavy atom. The molecule has 3 heteroatoms. The van der Waals surface area contributed by atoms with Crippen molar-refractivity contribution in [1.82, 2.24) is 0 Å². The Bertz CT molecular complexity index is 789. The van der Waals surface area contributed by atoms with Crippen LogP contribution in [-0.2, 0) is 11.3 Å². The average molecular weight is 290 g/mol. The lowest BCUT2D eigenvalue weighted by molar-refractivity contribution is -0.114. The maximum Gasteiger partial charge on any atom is 0.221 e. The van der Waals surface area contributed by atoms with Gasteiger partial charge in [-0.15, -0.1) is 0 Å². The number of carbonyl (C=O) groups excluding carboxylic acids is 1. The highest BCUT2D eigenvalue weighted by atomic mass is 16.1. The minimum Gasteiger partial charge on any atom is -0.381 e. The number of carbonyl (C=O) groups is 1. The minimum atomic E-state index is -0.0588. The molecule has 0 saturated carbocycles. The first kappa shape index (κ1) is 14.1. The van der Waals surface area contributed by atoms with Gasteiger partial charge in [-0.05, 0) is 40.6 Å². The molecule has 3 rings (SSSR count). The van der Waals surface area contributed by atoms with Crippen LogP contribution in [0.15, 0.2) is 66.7 Å². The van der Waals surface area contributed by atoms with Gasteiger partial charge in [-0.2, -0.15) is 0 Å². The van der Waals surface area contributed by atoms with E-state index in [0.717, 1.165) is 17.9 Å². The molecule has 0 aliphatic carbocycles. The number of fused-ring (bicyclic) bond motifs is 1. The molecule has 0 radical (unpaired) electrons. The monoisotopic (exact) mass is 290 g/mol. The molecule has 110 valence electrons. The Morgan fingerprint density at radius 2 is 1.55 bits per heavy atom. The third-order valence-electron chi connectivity index (χ3n) is 3.57. The van der Waals surface area contributed by atoms with Crippen molar-refractivity contribution in [2.45, 2.75) is 13.5 Å². The molecule has 1 amide bonds. The highest BCUT2D eigenvalue weighted by Crippen LogP contribution is 2.20. The maximum atomic E-state index is 11.0. The molecule has 2 N–H and O–H groups in total. The van der Waals surface area contributed by atoms with Gasteiger partial charge in [0.2, 0.25) is 5.91 Å². The maximum absolute atomic E-state index is 11.0. The quantitative estimate of drug-likeness (QED) is 0.747. The lowest BCUT2D eigenvalue weighted by Gasteiger charge is -2.10. The zero-order valence-corrected chi connectivity index (χ0v) is 12.5. The third kappa shape index (κ3) is 3.26. The summed E-state index contributed by atoms with van der Waals surface area (Å²) in [7, 11) is 0. The zero-order chi connectivity index (χ0) is 15.4. The molecule has 0 unspecified atom stereocenters. The van der Waals surface area contributed by atoms with E-state index >= 15 is 0 Å². The molecule has 0 fully saturated rings. The van der Waals surface area contributed by atoms with Gasteiger partial charge in [0.05, 0.1) is 0 Å². The van der Waals surface area contributed by atoms with Crippen LogP contribution in [0.25, 0.3) is 10.8 Å². The normalized spacial score (nSPS) is 10.4. The van der Waals surface area contributed by atoms with Crippen molar-refractivity contribution >= 4 is 28.1 Å². The van der Waals surface area contributed by atoms with Crippen LogP contribution in [-0.4, -0.2) is 5.91 Å². The van der Waals surface area contributed by atoms with Gasteiger partial charge in [-0.3, -0.25) is 4.79 Å². The standard InChI is InChI=1S/C19H18N2O/c1-14(22)21-18-11-9-17(10-12-18)20-13-16-7-4-6-15-5-2-3-8-19(15)16/h2-12,20H,13H2,1H3,(H,21,22). The second kappa shape index (κ2) is 6.31. The summed E-state index contributed by atoms with van der Waals surface area (Å²) in [6.07, 6.45) is 0. The first-order valence-corrected chi connectivity index (χ1v) is 7.30. The van der Waals surface area contributed by atoms with E-state index < -0.39 is 0 Å². The largest absolute Gasteiger partial charge is 0.381 e. The molecule has 0 heterocycles. The first-order chi connectivity index (χ1) is 10.7. The molecule has 0 bridgehead atoms. The minimum absolute atomic E-state index is 0.0588. The van der Waals surface area contributed by atoms with Gasteiger partial charge >= 0.3 is 0 Å². The zero-order valence-electron chi connectivity index (χ0n) is 12.5. The predicted molar refractivity (Wildman–Crippen MR) is 92.0 cm³/mol. The summed E-state index contributed by atoms with van der Waals surface area (Å²) in [4.78, 5) is 11.0. The molecule has 0 aliphatic heterocycles. The molecule has 0 atom stereocenters. The topological polar surface area (TPSA) is 41.1 Å². The highest BCUT2D eigenvalue weighted by molar-refractivity contribution is 5.89. The van der Waals surface area contributed by atoms with Crippen molar-refractivity contribution in [3.05, 3.63) is 72.3 Å². The Morgan fingerprint density at radius 3 is 2.32 bits per heavy atom. The van der Waals surface area contributed by atoms with E-state index in [1.54, 1.807) is 0 Å². The molecule has 3 nitrogen and oxygen atoms in total. The summed E-state index contributed by atoms with van der Waals surface area (Å²) in [5, 5.41) is 8.71. The number of hydrogen-bond acceptors (Lipinski definition) is 2. The van der Waals surface area contributed by atoms with Crippen molar-refractivity contribution in [3.63, 3.8) is 0 Å². The third-order valence-corrected chi connectivity index (χ3v) is 3.57. The first-order valence-electron chi connectivity index (χ1n) is 7.30. The van der Waals surface area contributed by atoms with Crippen molar-refractivity contribution in [1.29, 1.82) is 0 Å². The van der Waals surface area contributed by atoms with E-state index in [2.05, 4.69) is 53.1 Å². The van der Waals surface area contributed by atoms with Gasteiger partial charge in [0.1, 0.15) is 0 Å². The van der Waals surface area contributed by atoms with E-state index in [9.17, 15) is 4.79 Å². The second-order valence-corrected chi connectivity index (χ2v) is 5.25. The molecule has 22 heavy (non-hydrogen) atoms. The molecule has 3 aromatic carbocycles. The Kier molecular flexibility index (Phi) is 4.05. The van der Waals surface area contributed by atoms with Crippen LogP contribution in [0, 0.1) is 0 Å². The van der Waals surface area contributed by atoms with Gasteiger partial charge in [0.15, 0.2) is 0 Å². The molecule has 0 aliphatic rings. The van der Waals surface area contributed by atoms with Crippen LogP contribution in [0.4, 0.5) is 11.4 Å². The molecular formula is C19H18N2O. The summed E-state index contributed by atoms with van der Waals surface area (Å²) in [6, 6.07) is 22.5. The second-order valence-electron chi connectivity index (χ2n) is 5.25. The number of benzene rings is 3. The smallest absolute Gasteiger partial charge is 0.221 e. The summed E-state index contributed by atoms with van der Waals surface area (Å²) in [5.41, 5.74) is 3.11. The lowest BCUT2D eigenvalue weighted by Crippen LogP contribution is -2.05. The summed E-state index contributed by atoms with van der Waals surface area (Å²) in [5.74, 6) is -0.0588. The summed E-state index contributed by atoms with van der Waals surface area (Å²) in [6.45, 7) is 2.27. The molecule has 0 saturated heterocycles. The van der Waals surface area contributed by atoms with Crippen LogP contribution in [0.1, 0.15) is 12.5 Å². The molecule has 0 spiro atoms. The van der Waals surface area contributed by atoms with Crippen molar-refractivity contribution in [2.75, 3.05) is 10.6 Å².